The third-order valence-corrected chi connectivity index (χ3v) is 3.25. The van der Waals surface area contributed by atoms with E-state index in [0.29, 0.717) is 17.3 Å². The molecular formula is C11H15N5O. The maximum atomic E-state index is 6.07. The van der Waals surface area contributed by atoms with Crippen LogP contribution in [0.3, 0.4) is 0 Å². The first-order valence-electron chi connectivity index (χ1n) is 5.73. The van der Waals surface area contributed by atoms with E-state index in [1.807, 2.05) is 6.07 Å². The number of ether oxygens (including phenoxy) is 1. The minimum atomic E-state index is 0.348. The number of pyridine rings is 1. The van der Waals surface area contributed by atoms with Gasteiger partial charge in [0, 0.05) is 25.3 Å². The van der Waals surface area contributed by atoms with Crippen molar-refractivity contribution >= 4 is 16.9 Å². The molecule has 3 rings (SSSR count). The number of hydrogen-bond acceptors (Lipinski definition) is 5. The van der Waals surface area contributed by atoms with Crippen LogP contribution in [0, 0.1) is 0 Å². The predicted octanol–water partition coefficient (Wildman–Crippen LogP) is 0.621. The van der Waals surface area contributed by atoms with Crippen LogP contribution in [0.2, 0.25) is 0 Å². The summed E-state index contributed by atoms with van der Waals surface area (Å²) in [5, 5.41) is 0. The van der Waals surface area contributed by atoms with Crippen LogP contribution in [0.5, 0.6) is 0 Å². The molecule has 0 unspecified atom stereocenters. The van der Waals surface area contributed by atoms with Crippen LogP contribution in [0.15, 0.2) is 12.3 Å². The molecule has 1 saturated heterocycles. The summed E-state index contributed by atoms with van der Waals surface area (Å²) in [5.41, 5.74) is 7.32. The molecule has 0 aliphatic carbocycles. The fourth-order valence-corrected chi connectivity index (χ4v) is 2.30. The van der Waals surface area contributed by atoms with Gasteiger partial charge in [0.1, 0.15) is 11.3 Å². The lowest BCUT2D eigenvalue weighted by atomic mass is 10.00. The zero-order valence-electron chi connectivity index (χ0n) is 9.47. The van der Waals surface area contributed by atoms with Crippen LogP contribution in [0.25, 0.3) is 11.0 Å². The van der Waals surface area contributed by atoms with Gasteiger partial charge in [0.25, 0.3) is 0 Å². The van der Waals surface area contributed by atoms with Crippen LogP contribution in [0.1, 0.15) is 24.6 Å². The first-order chi connectivity index (χ1) is 8.27. The maximum absolute atomic E-state index is 6.07. The van der Waals surface area contributed by atoms with Crippen LogP contribution in [-0.4, -0.2) is 27.9 Å². The number of nitrogen functional groups attached to an aromatic ring is 2. The van der Waals surface area contributed by atoms with E-state index in [1.165, 1.54) is 0 Å². The second kappa shape index (κ2) is 3.89. The number of nitrogens with zero attached hydrogens (tertiary/aromatic N) is 3. The van der Waals surface area contributed by atoms with E-state index in [1.54, 1.807) is 10.9 Å². The van der Waals surface area contributed by atoms with Crippen molar-refractivity contribution in [1.29, 1.82) is 0 Å². The number of imidazole rings is 1. The Morgan fingerprint density at radius 3 is 2.82 bits per heavy atom. The lowest BCUT2D eigenvalue weighted by Crippen LogP contribution is -2.21. The summed E-state index contributed by atoms with van der Waals surface area (Å²) in [4.78, 5) is 8.56. The summed E-state index contributed by atoms with van der Waals surface area (Å²) in [6, 6.07) is 1.83. The van der Waals surface area contributed by atoms with E-state index >= 15 is 0 Å². The van der Waals surface area contributed by atoms with E-state index in [9.17, 15) is 0 Å². The van der Waals surface area contributed by atoms with Gasteiger partial charge in [0.05, 0.1) is 5.52 Å². The molecule has 1 fully saturated rings. The summed E-state index contributed by atoms with van der Waals surface area (Å²) in [6.45, 7) is 1.53. The van der Waals surface area contributed by atoms with Crippen LogP contribution >= 0.6 is 0 Å². The van der Waals surface area contributed by atoms with E-state index in [-0.39, 0.29) is 0 Å². The Hall–Kier alpha value is -1.82. The zero-order chi connectivity index (χ0) is 11.8. The average Bonchev–Trinajstić information content (AvgIpc) is 2.70. The minimum absolute atomic E-state index is 0.348. The lowest BCUT2D eigenvalue weighted by molar-refractivity contribution is 0.0832. The quantitative estimate of drug-likeness (QED) is 0.704. The molecule has 6 nitrogen and oxygen atoms in total. The molecule has 6 heteroatoms. The van der Waals surface area contributed by atoms with Crippen LogP contribution in [0.4, 0.5) is 5.82 Å². The number of hydrogen-bond donors (Lipinski definition) is 2. The van der Waals surface area contributed by atoms with E-state index in [0.717, 1.165) is 37.4 Å². The summed E-state index contributed by atoms with van der Waals surface area (Å²) >= 11 is 0. The number of rotatable bonds is 1. The van der Waals surface area contributed by atoms with Gasteiger partial charge in [0.15, 0.2) is 5.82 Å². The molecule has 90 valence electrons. The SMILES string of the molecule is Nc1nccc2c1nc(C1CCOCC1)n2N. The second-order valence-electron chi connectivity index (χ2n) is 4.29. The topological polar surface area (TPSA) is 92.0 Å². The van der Waals surface area contributed by atoms with E-state index < -0.39 is 0 Å². The molecular weight excluding hydrogens is 218 g/mol. The van der Waals surface area contributed by atoms with Gasteiger partial charge in [-0.25, -0.2) is 14.6 Å². The number of aromatic nitrogens is 3. The van der Waals surface area contributed by atoms with Crippen LogP contribution in [-0.2, 0) is 4.74 Å². The molecule has 0 bridgehead atoms. The highest BCUT2D eigenvalue weighted by atomic mass is 16.5. The Balaban J connectivity index is 2.10. The molecule has 1 aliphatic heterocycles. The molecule has 4 N–H and O–H groups in total. The Kier molecular flexibility index (Phi) is 2.36. The van der Waals surface area contributed by atoms with Gasteiger partial charge in [0.2, 0.25) is 0 Å². The van der Waals surface area contributed by atoms with Crippen molar-refractivity contribution in [3.05, 3.63) is 18.1 Å². The smallest absolute Gasteiger partial charge is 0.151 e. The molecule has 0 radical (unpaired) electrons. The largest absolute Gasteiger partial charge is 0.382 e. The van der Waals surface area contributed by atoms with Crippen molar-refractivity contribution in [1.82, 2.24) is 14.6 Å². The number of nitrogens with two attached hydrogens (primary N) is 2. The third kappa shape index (κ3) is 1.61. The van der Waals surface area contributed by atoms with Gasteiger partial charge in [-0.1, -0.05) is 0 Å². The average molecular weight is 233 g/mol. The van der Waals surface area contributed by atoms with Crippen molar-refractivity contribution < 1.29 is 4.74 Å². The van der Waals surface area contributed by atoms with Crippen molar-refractivity contribution in [2.75, 3.05) is 24.8 Å². The summed E-state index contributed by atoms with van der Waals surface area (Å²) in [5.74, 6) is 7.72. The van der Waals surface area contributed by atoms with Crippen molar-refractivity contribution in [3.63, 3.8) is 0 Å². The molecule has 0 spiro atoms. The Bertz CT molecular complexity index is 544. The van der Waals surface area contributed by atoms with Gasteiger partial charge in [-0.3, -0.25) is 0 Å². The van der Waals surface area contributed by atoms with Crippen molar-refractivity contribution in [2.24, 2.45) is 0 Å². The molecule has 0 amide bonds. The standard InChI is InChI=1S/C11H15N5O/c12-10-9-8(1-4-14-10)16(13)11(15-9)7-2-5-17-6-3-7/h1,4,7H,2-3,5-6,13H2,(H2,12,14). The second-order valence-corrected chi connectivity index (χ2v) is 4.29. The first-order valence-corrected chi connectivity index (χ1v) is 5.73. The zero-order valence-corrected chi connectivity index (χ0v) is 9.47. The summed E-state index contributed by atoms with van der Waals surface area (Å²) in [6.07, 6.45) is 3.55. The van der Waals surface area contributed by atoms with Gasteiger partial charge < -0.3 is 16.3 Å². The lowest BCUT2D eigenvalue weighted by Gasteiger charge is -2.21. The minimum Gasteiger partial charge on any atom is -0.382 e. The molecule has 17 heavy (non-hydrogen) atoms. The molecule has 3 heterocycles. The Labute approximate surface area is 98.6 Å². The Morgan fingerprint density at radius 2 is 2.12 bits per heavy atom. The fraction of sp³-hybridized carbons (Fsp3) is 0.455. The fourth-order valence-electron chi connectivity index (χ4n) is 2.30. The highest BCUT2D eigenvalue weighted by molar-refractivity contribution is 5.85. The number of fused-ring (bicyclic) bond motifs is 1. The monoisotopic (exact) mass is 233 g/mol. The van der Waals surface area contributed by atoms with E-state index in [2.05, 4.69) is 9.97 Å². The molecule has 0 saturated carbocycles. The summed E-state index contributed by atoms with van der Waals surface area (Å²) < 4.78 is 6.97. The van der Waals surface area contributed by atoms with Crippen LogP contribution < -0.4 is 11.6 Å². The van der Waals surface area contributed by atoms with Crippen molar-refractivity contribution in [3.8, 4) is 0 Å². The number of anilines is 1. The first kappa shape index (κ1) is 10.3. The van der Waals surface area contributed by atoms with E-state index in [4.69, 9.17) is 16.3 Å². The molecule has 0 atom stereocenters. The highest BCUT2D eigenvalue weighted by Crippen LogP contribution is 2.28. The highest BCUT2D eigenvalue weighted by Gasteiger charge is 2.22. The normalized spacial score (nSPS) is 17.6. The molecule has 2 aromatic rings. The molecule has 2 aromatic heterocycles. The molecule has 1 aliphatic rings. The van der Waals surface area contributed by atoms with Gasteiger partial charge in [-0.15, -0.1) is 0 Å². The summed E-state index contributed by atoms with van der Waals surface area (Å²) in [7, 11) is 0. The third-order valence-electron chi connectivity index (χ3n) is 3.25. The van der Waals surface area contributed by atoms with Gasteiger partial charge in [-0.2, -0.15) is 0 Å². The maximum Gasteiger partial charge on any atom is 0.151 e. The van der Waals surface area contributed by atoms with Crippen molar-refractivity contribution in [2.45, 2.75) is 18.8 Å². The van der Waals surface area contributed by atoms with Gasteiger partial charge in [-0.05, 0) is 18.9 Å². The predicted molar refractivity (Wildman–Crippen MR) is 64.9 cm³/mol. The molecule has 0 aromatic carbocycles. The Morgan fingerprint density at radius 1 is 1.35 bits per heavy atom. The van der Waals surface area contributed by atoms with Gasteiger partial charge >= 0.3 is 0 Å².